The van der Waals surface area contributed by atoms with Crippen molar-refractivity contribution in [3.8, 4) is 0 Å². The number of carboxylic acid groups (broad SMARTS) is 1. The van der Waals surface area contributed by atoms with Crippen molar-refractivity contribution >= 4 is 5.97 Å². The molecule has 1 aliphatic heterocycles. The van der Waals surface area contributed by atoms with Gasteiger partial charge >= 0.3 is 5.97 Å². The Hall–Kier alpha value is -1.29. The predicted octanol–water partition coefficient (Wildman–Crippen LogP) is 0.729. The van der Waals surface area contributed by atoms with E-state index in [0.717, 1.165) is 18.4 Å². The van der Waals surface area contributed by atoms with Gasteiger partial charge in [-0.1, -0.05) is 19.6 Å². The van der Waals surface area contributed by atoms with Crippen molar-refractivity contribution in [1.29, 1.82) is 0 Å². The summed E-state index contributed by atoms with van der Waals surface area (Å²) in [5.74, 6) is -1.34. The van der Waals surface area contributed by atoms with Gasteiger partial charge in [0, 0.05) is 11.0 Å². The second-order valence-electron chi connectivity index (χ2n) is 8.90. The number of aliphatic carboxylic acids is 1. The molecule has 0 aromatic carbocycles. The Morgan fingerprint density at radius 2 is 1.97 bits per heavy atom. The Balaban J connectivity index is 1.96. The Morgan fingerprint density at radius 1 is 1.28 bits per heavy atom. The number of allylic oxidation sites excluding steroid dienone is 1. The molecule has 3 aliphatic rings. The summed E-state index contributed by atoms with van der Waals surface area (Å²) in [6.07, 6.45) is -1.34. The van der Waals surface area contributed by atoms with E-state index < -0.39 is 48.9 Å². The highest BCUT2D eigenvalue weighted by atomic mass is 16.7. The van der Waals surface area contributed by atoms with Crippen LogP contribution in [0.4, 0.5) is 0 Å². The van der Waals surface area contributed by atoms with Crippen LogP contribution in [0.15, 0.2) is 23.8 Å². The molecule has 0 radical (unpaired) electrons. The van der Waals surface area contributed by atoms with Crippen LogP contribution in [0.5, 0.6) is 0 Å². The van der Waals surface area contributed by atoms with Gasteiger partial charge in [0.25, 0.3) is 0 Å². The van der Waals surface area contributed by atoms with E-state index in [2.05, 4.69) is 19.6 Å². The molecule has 0 spiro atoms. The number of carbonyl (C=O) groups is 1. The smallest absolute Gasteiger partial charge is 0.331 e. The van der Waals surface area contributed by atoms with Crippen molar-refractivity contribution in [2.75, 3.05) is 6.61 Å². The van der Waals surface area contributed by atoms with Crippen LogP contribution in [0.25, 0.3) is 0 Å². The highest BCUT2D eigenvalue weighted by Crippen LogP contribution is 2.58. The van der Waals surface area contributed by atoms with E-state index in [1.54, 1.807) is 0 Å². The average molecular weight is 412 g/mol. The molecule has 2 fully saturated rings. The largest absolute Gasteiger partial charge is 0.478 e. The molecule has 164 valence electrons. The van der Waals surface area contributed by atoms with E-state index in [0.29, 0.717) is 19.3 Å². The zero-order chi connectivity index (χ0) is 21.6. The summed E-state index contributed by atoms with van der Waals surface area (Å²) in [7, 11) is 0. The standard InChI is InChI=1S/C21H32O8/c1-11-5-4-7-20(3)8-6-13(12(2)18(26)27)9-21(11,20)29-19-17(25)16(24)15(23)14(10-22)28-19/h5,13-17,19,22-25H,2,4,6-10H2,1,3H3,(H,26,27)/t13-,14-,15-,16+,17-,19+,20-,21-/m1/s1. The number of carboxylic acids is 1. The van der Waals surface area contributed by atoms with Crippen LogP contribution in [0, 0.1) is 11.3 Å². The van der Waals surface area contributed by atoms with Crippen LogP contribution in [0.2, 0.25) is 0 Å². The molecular weight excluding hydrogens is 380 g/mol. The number of aliphatic hydroxyl groups is 4. The topological polar surface area (TPSA) is 137 Å². The van der Waals surface area contributed by atoms with Gasteiger partial charge in [-0.05, 0) is 50.5 Å². The van der Waals surface area contributed by atoms with Crippen molar-refractivity contribution in [3.63, 3.8) is 0 Å². The quantitative estimate of drug-likeness (QED) is 0.329. The number of ether oxygens (including phenoxy) is 2. The van der Waals surface area contributed by atoms with Gasteiger partial charge in [0.1, 0.15) is 24.4 Å². The van der Waals surface area contributed by atoms with Gasteiger partial charge in [0.05, 0.1) is 12.2 Å². The molecule has 8 heteroatoms. The van der Waals surface area contributed by atoms with Gasteiger partial charge < -0.3 is 35.0 Å². The molecule has 29 heavy (non-hydrogen) atoms. The number of hydrogen-bond acceptors (Lipinski definition) is 7. The third-order valence-electron chi connectivity index (χ3n) is 7.27. The normalized spacial score (nSPS) is 45.2. The van der Waals surface area contributed by atoms with Crippen molar-refractivity contribution in [1.82, 2.24) is 0 Å². The second-order valence-corrected chi connectivity index (χ2v) is 8.90. The minimum Gasteiger partial charge on any atom is -0.478 e. The molecule has 2 aliphatic carbocycles. The lowest BCUT2D eigenvalue weighted by molar-refractivity contribution is -0.340. The van der Waals surface area contributed by atoms with Crippen molar-refractivity contribution in [2.45, 2.75) is 82.3 Å². The Labute approximate surface area is 170 Å². The summed E-state index contributed by atoms with van der Waals surface area (Å²) in [5.41, 5.74) is -0.187. The molecule has 0 unspecified atom stereocenters. The molecule has 0 amide bonds. The van der Waals surface area contributed by atoms with E-state index in [4.69, 9.17) is 9.47 Å². The van der Waals surface area contributed by atoms with E-state index in [-0.39, 0.29) is 16.9 Å². The number of fused-ring (bicyclic) bond motifs is 1. The number of aliphatic hydroxyl groups excluding tert-OH is 4. The first-order chi connectivity index (χ1) is 13.6. The van der Waals surface area contributed by atoms with E-state index in [9.17, 15) is 30.3 Å². The first-order valence-electron chi connectivity index (χ1n) is 10.1. The summed E-state index contributed by atoms with van der Waals surface area (Å²) in [4.78, 5) is 11.5. The van der Waals surface area contributed by atoms with Crippen LogP contribution < -0.4 is 0 Å². The zero-order valence-electron chi connectivity index (χ0n) is 17.0. The zero-order valence-corrected chi connectivity index (χ0v) is 17.0. The van der Waals surface area contributed by atoms with Crippen LogP contribution in [-0.4, -0.2) is 74.4 Å². The first kappa shape index (κ1) is 22.4. The van der Waals surface area contributed by atoms with Gasteiger partial charge in [-0.25, -0.2) is 4.79 Å². The fourth-order valence-corrected chi connectivity index (χ4v) is 5.24. The molecule has 0 aromatic heterocycles. The molecule has 5 N–H and O–H groups in total. The second kappa shape index (κ2) is 8.09. The van der Waals surface area contributed by atoms with Gasteiger partial charge in [0.15, 0.2) is 6.29 Å². The van der Waals surface area contributed by atoms with Crippen LogP contribution >= 0.6 is 0 Å². The summed E-state index contributed by atoms with van der Waals surface area (Å²) >= 11 is 0. The molecule has 0 aromatic rings. The molecule has 1 heterocycles. The van der Waals surface area contributed by atoms with Crippen molar-refractivity contribution in [3.05, 3.63) is 23.8 Å². The SMILES string of the molecule is C=C(C(=O)O)[C@@H]1CC[C@@]2(C)CCC=C(C)[C@]2(O[C@@H]2O[C@H](CO)[C@@H](O)[C@H](O)[C@H]2O)C1. The molecular formula is C21H32O8. The van der Waals surface area contributed by atoms with Crippen molar-refractivity contribution < 1.29 is 39.8 Å². The van der Waals surface area contributed by atoms with E-state index >= 15 is 0 Å². The molecule has 0 bridgehead atoms. The average Bonchev–Trinajstić information content (AvgIpc) is 2.68. The molecule has 8 atom stereocenters. The number of rotatable bonds is 5. The fourth-order valence-electron chi connectivity index (χ4n) is 5.24. The minimum absolute atomic E-state index is 0.127. The van der Waals surface area contributed by atoms with Gasteiger partial charge in [-0.3, -0.25) is 0 Å². The van der Waals surface area contributed by atoms with Crippen LogP contribution in [0.1, 0.15) is 46.0 Å². The maximum absolute atomic E-state index is 11.5. The summed E-state index contributed by atoms with van der Waals surface area (Å²) in [6, 6.07) is 0. The van der Waals surface area contributed by atoms with Gasteiger partial charge in [-0.15, -0.1) is 0 Å². The Bertz CT molecular complexity index is 688. The molecule has 1 saturated carbocycles. The van der Waals surface area contributed by atoms with Gasteiger partial charge in [0.2, 0.25) is 0 Å². The molecule has 1 saturated heterocycles. The maximum Gasteiger partial charge on any atom is 0.331 e. The number of hydrogen-bond donors (Lipinski definition) is 5. The Morgan fingerprint density at radius 3 is 2.59 bits per heavy atom. The van der Waals surface area contributed by atoms with Gasteiger partial charge in [-0.2, -0.15) is 0 Å². The van der Waals surface area contributed by atoms with Crippen LogP contribution in [0.3, 0.4) is 0 Å². The summed E-state index contributed by atoms with van der Waals surface area (Å²) in [6.45, 7) is 7.22. The lowest BCUT2D eigenvalue weighted by Crippen LogP contribution is -2.64. The van der Waals surface area contributed by atoms with E-state index in [1.165, 1.54) is 0 Å². The maximum atomic E-state index is 11.5. The third-order valence-corrected chi connectivity index (χ3v) is 7.27. The third kappa shape index (κ3) is 3.66. The minimum atomic E-state index is -1.53. The fraction of sp³-hybridized carbons (Fsp3) is 0.762. The summed E-state index contributed by atoms with van der Waals surface area (Å²) in [5, 5.41) is 49.6. The summed E-state index contributed by atoms with van der Waals surface area (Å²) < 4.78 is 12.0. The van der Waals surface area contributed by atoms with Crippen molar-refractivity contribution in [2.24, 2.45) is 11.3 Å². The first-order valence-corrected chi connectivity index (χ1v) is 10.1. The van der Waals surface area contributed by atoms with E-state index in [1.807, 2.05) is 6.92 Å². The highest BCUT2D eigenvalue weighted by molar-refractivity contribution is 5.86. The molecule has 8 nitrogen and oxygen atoms in total. The van der Waals surface area contributed by atoms with Crippen LogP contribution in [-0.2, 0) is 14.3 Å². The Kier molecular flexibility index (Phi) is 6.25. The predicted molar refractivity (Wildman–Crippen MR) is 103 cm³/mol. The highest BCUT2D eigenvalue weighted by Gasteiger charge is 2.58. The monoisotopic (exact) mass is 412 g/mol. The molecule has 3 rings (SSSR count). The lowest BCUT2D eigenvalue weighted by Gasteiger charge is -2.58. The lowest BCUT2D eigenvalue weighted by atomic mass is 9.54.